The van der Waals surface area contributed by atoms with Gasteiger partial charge in [0.15, 0.2) is 5.96 Å². The SMILES string of the molecule is CCNC(=NCC1CCCC1O)N1CCC(COCCOC)C1.I. The molecule has 0 bridgehead atoms. The number of hydrogen-bond acceptors (Lipinski definition) is 4. The molecule has 7 heteroatoms. The van der Waals surface area contributed by atoms with Gasteiger partial charge in [-0.25, -0.2) is 0 Å². The Balaban J connectivity index is 0.00000288. The Morgan fingerprint density at radius 3 is 2.79 bits per heavy atom. The predicted molar refractivity (Wildman–Crippen MR) is 107 cm³/mol. The molecule has 1 saturated carbocycles. The van der Waals surface area contributed by atoms with E-state index in [-0.39, 0.29) is 30.1 Å². The topological polar surface area (TPSA) is 66.3 Å². The van der Waals surface area contributed by atoms with Gasteiger partial charge in [-0.05, 0) is 26.2 Å². The highest BCUT2D eigenvalue weighted by atomic mass is 127. The van der Waals surface area contributed by atoms with Crippen molar-refractivity contribution in [1.29, 1.82) is 0 Å². The van der Waals surface area contributed by atoms with Gasteiger partial charge in [0, 0.05) is 45.1 Å². The van der Waals surface area contributed by atoms with Gasteiger partial charge < -0.3 is 24.8 Å². The number of hydrogen-bond donors (Lipinski definition) is 2. The molecule has 0 aromatic rings. The first-order valence-electron chi connectivity index (χ1n) is 9.02. The highest BCUT2D eigenvalue weighted by molar-refractivity contribution is 14.0. The first-order valence-corrected chi connectivity index (χ1v) is 9.02. The first kappa shape index (κ1) is 21.9. The second kappa shape index (κ2) is 12.3. The molecule has 2 aliphatic rings. The van der Waals surface area contributed by atoms with Crippen LogP contribution in [0.5, 0.6) is 0 Å². The summed E-state index contributed by atoms with van der Waals surface area (Å²) in [6.45, 7) is 7.84. The number of nitrogens with one attached hydrogen (secondary N) is 1. The number of guanidine groups is 1. The molecule has 1 saturated heterocycles. The number of aliphatic hydroxyl groups excluding tert-OH is 1. The average Bonchev–Trinajstić information content (AvgIpc) is 3.17. The van der Waals surface area contributed by atoms with Crippen molar-refractivity contribution in [3.8, 4) is 0 Å². The van der Waals surface area contributed by atoms with Crippen LogP contribution in [0.4, 0.5) is 0 Å². The number of likely N-dealkylation sites (tertiary alicyclic amines) is 1. The highest BCUT2D eigenvalue weighted by Crippen LogP contribution is 2.26. The zero-order valence-corrected chi connectivity index (χ0v) is 17.4. The van der Waals surface area contributed by atoms with E-state index in [1.165, 1.54) is 0 Å². The third-order valence-electron chi connectivity index (χ3n) is 4.80. The summed E-state index contributed by atoms with van der Waals surface area (Å²) in [6.07, 6.45) is 4.13. The predicted octanol–water partition coefficient (Wildman–Crippen LogP) is 1.72. The van der Waals surface area contributed by atoms with E-state index in [0.717, 1.165) is 64.4 Å². The maximum Gasteiger partial charge on any atom is 0.193 e. The molecule has 0 radical (unpaired) electrons. The lowest BCUT2D eigenvalue weighted by atomic mass is 10.1. The van der Waals surface area contributed by atoms with E-state index in [9.17, 15) is 5.11 Å². The molecular weight excluding hydrogens is 421 g/mol. The molecule has 2 N–H and O–H groups in total. The molecule has 3 unspecified atom stereocenters. The highest BCUT2D eigenvalue weighted by Gasteiger charge is 2.27. The molecule has 0 aromatic heterocycles. The monoisotopic (exact) mass is 455 g/mol. The van der Waals surface area contributed by atoms with Crippen LogP contribution in [0.15, 0.2) is 4.99 Å². The summed E-state index contributed by atoms with van der Waals surface area (Å²) in [5, 5.41) is 13.3. The van der Waals surface area contributed by atoms with Crippen LogP contribution in [0.2, 0.25) is 0 Å². The molecule has 142 valence electrons. The van der Waals surface area contributed by atoms with E-state index in [4.69, 9.17) is 14.5 Å². The van der Waals surface area contributed by atoms with E-state index < -0.39 is 0 Å². The van der Waals surface area contributed by atoms with Crippen LogP contribution in [0, 0.1) is 11.8 Å². The van der Waals surface area contributed by atoms with Crippen LogP contribution in [-0.2, 0) is 9.47 Å². The second-order valence-corrected chi connectivity index (χ2v) is 6.62. The number of aliphatic imine (C=N–C) groups is 1. The maximum absolute atomic E-state index is 9.95. The average molecular weight is 455 g/mol. The fourth-order valence-corrected chi connectivity index (χ4v) is 3.41. The number of halogens is 1. The fourth-order valence-electron chi connectivity index (χ4n) is 3.41. The van der Waals surface area contributed by atoms with Crippen molar-refractivity contribution < 1.29 is 14.6 Å². The van der Waals surface area contributed by atoms with Crippen LogP contribution in [0.3, 0.4) is 0 Å². The zero-order valence-electron chi connectivity index (χ0n) is 15.1. The molecule has 6 nitrogen and oxygen atoms in total. The number of aliphatic hydroxyl groups is 1. The maximum atomic E-state index is 9.95. The van der Waals surface area contributed by atoms with Crippen molar-refractivity contribution in [3.05, 3.63) is 0 Å². The lowest BCUT2D eigenvalue weighted by Crippen LogP contribution is -2.40. The van der Waals surface area contributed by atoms with Gasteiger partial charge in [0.05, 0.1) is 25.9 Å². The Labute approximate surface area is 163 Å². The molecule has 1 aliphatic carbocycles. The van der Waals surface area contributed by atoms with Gasteiger partial charge in [0.2, 0.25) is 0 Å². The summed E-state index contributed by atoms with van der Waals surface area (Å²) in [6, 6.07) is 0. The molecule has 3 atom stereocenters. The van der Waals surface area contributed by atoms with Crippen molar-refractivity contribution >= 4 is 29.9 Å². The van der Waals surface area contributed by atoms with Gasteiger partial charge >= 0.3 is 0 Å². The van der Waals surface area contributed by atoms with E-state index in [0.29, 0.717) is 25.0 Å². The molecule has 1 heterocycles. The Bertz CT molecular complexity index is 371. The van der Waals surface area contributed by atoms with Crippen LogP contribution in [-0.4, -0.2) is 75.2 Å². The van der Waals surface area contributed by atoms with Crippen molar-refractivity contribution in [1.82, 2.24) is 10.2 Å². The minimum absolute atomic E-state index is 0. The van der Waals surface area contributed by atoms with Gasteiger partial charge in [-0.15, -0.1) is 24.0 Å². The zero-order chi connectivity index (χ0) is 16.5. The molecule has 24 heavy (non-hydrogen) atoms. The van der Waals surface area contributed by atoms with Gasteiger partial charge in [0.25, 0.3) is 0 Å². The molecule has 1 aliphatic heterocycles. The number of rotatable bonds is 8. The van der Waals surface area contributed by atoms with E-state index in [2.05, 4.69) is 17.1 Å². The van der Waals surface area contributed by atoms with Crippen molar-refractivity contribution in [2.24, 2.45) is 16.8 Å². The minimum Gasteiger partial charge on any atom is -0.393 e. The van der Waals surface area contributed by atoms with Crippen molar-refractivity contribution in [2.45, 2.75) is 38.7 Å². The summed E-state index contributed by atoms with van der Waals surface area (Å²) in [5.41, 5.74) is 0. The molecular formula is C17H34IN3O3. The second-order valence-electron chi connectivity index (χ2n) is 6.62. The Morgan fingerprint density at radius 1 is 1.29 bits per heavy atom. The first-order chi connectivity index (χ1) is 11.2. The lowest BCUT2D eigenvalue weighted by Gasteiger charge is -2.22. The van der Waals surface area contributed by atoms with Gasteiger partial charge in [-0.2, -0.15) is 0 Å². The van der Waals surface area contributed by atoms with Gasteiger partial charge in [-0.1, -0.05) is 6.42 Å². The van der Waals surface area contributed by atoms with Crippen LogP contribution < -0.4 is 5.32 Å². The third-order valence-corrected chi connectivity index (χ3v) is 4.80. The Hall–Kier alpha value is -0.120. The number of methoxy groups -OCH3 is 1. The summed E-state index contributed by atoms with van der Waals surface area (Å²) >= 11 is 0. The standard InChI is InChI=1S/C17H33N3O3.HI/c1-3-18-17(19-11-15-5-4-6-16(15)21)20-8-7-14(12-20)13-23-10-9-22-2;/h14-16,21H,3-13H2,1-2H3,(H,18,19);1H. The molecule has 2 rings (SSSR count). The van der Waals surface area contributed by atoms with E-state index >= 15 is 0 Å². The third kappa shape index (κ3) is 7.01. The van der Waals surface area contributed by atoms with Crippen LogP contribution in [0.1, 0.15) is 32.6 Å². The Kier molecular flexibility index (Phi) is 11.2. The minimum atomic E-state index is -0.165. The summed E-state index contributed by atoms with van der Waals surface area (Å²) < 4.78 is 10.7. The fraction of sp³-hybridized carbons (Fsp3) is 0.941. The van der Waals surface area contributed by atoms with Crippen LogP contribution >= 0.6 is 24.0 Å². The smallest absolute Gasteiger partial charge is 0.193 e. The molecule has 0 aromatic carbocycles. The normalized spacial score (nSPS) is 27.4. The summed E-state index contributed by atoms with van der Waals surface area (Å²) in [7, 11) is 1.70. The van der Waals surface area contributed by atoms with Gasteiger partial charge in [-0.3, -0.25) is 4.99 Å². The van der Waals surface area contributed by atoms with Crippen LogP contribution in [0.25, 0.3) is 0 Å². The summed E-state index contributed by atoms with van der Waals surface area (Å²) in [5.74, 6) is 1.89. The Morgan fingerprint density at radius 2 is 2.12 bits per heavy atom. The molecule has 0 amide bonds. The largest absolute Gasteiger partial charge is 0.393 e. The number of ether oxygens (including phenoxy) is 2. The van der Waals surface area contributed by atoms with Crippen molar-refractivity contribution in [2.75, 3.05) is 53.1 Å². The molecule has 0 spiro atoms. The lowest BCUT2D eigenvalue weighted by molar-refractivity contribution is 0.0536. The number of nitrogens with zero attached hydrogens (tertiary/aromatic N) is 2. The quantitative estimate of drug-likeness (QED) is 0.253. The summed E-state index contributed by atoms with van der Waals surface area (Å²) in [4.78, 5) is 7.11. The van der Waals surface area contributed by atoms with Crippen molar-refractivity contribution in [3.63, 3.8) is 0 Å². The molecule has 2 fully saturated rings. The van der Waals surface area contributed by atoms with Gasteiger partial charge in [0.1, 0.15) is 0 Å². The van der Waals surface area contributed by atoms with E-state index in [1.807, 2.05) is 0 Å². The van der Waals surface area contributed by atoms with E-state index in [1.54, 1.807) is 7.11 Å².